The maximum absolute atomic E-state index is 4.76. The molecule has 0 amide bonds. The van der Waals surface area contributed by atoms with Crippen LogP contribution in [-0.4, -0.2) is 27.1 Å². The second-order valence-electron chi connectivity index (χ2n) is 1.19. The highest BCUT2D eigenvalue weighted by atomic mass is 16.7. The van der Waals surface area contributed by atoms with Crippen LogP contribution in [0.1, 0.15) is 0 Å². The van der Waals surface area contributed by atoms with Gasteiger partial charge in [-0.2, -0.15) is 0 Å². The SMILES string of the molecule is COC(C[NH3+])OC. The van der Waals surface area contributed by atoms with E-state index in [1.807, 2.05) is 0 Å². The lowest BCUT2D eigenvalue weighted by molar-refractivity contribution is -0.406. The Kier molecular flexibility index (Phi) is 3.98. The molecule has 0 rings (SSSR count). The molecular weight excluding hydrogens is 94.0 g/mol. The third-order valence-electron chi connectivity index (χ3n) is 0.761. The monoisotopic (exact) mass is 106 g/mol. The molecule has 0 heterocycles. The van der Waals surface area contributed by atoms with Crippen molar-refractivity contribution in [1.82, 2.24) is 0 Å². The van der Waals surface area contributed by atoms with Gasteiger partial charge in [-0.25, -0.2) is 0 Å². The van der Waals surface area contributed by atoms with Gasteiger partial charge in [0.25, 0.3) is 0 Å². The van der Waals surface area contributed by atoms with Gasteiger partial charge >= 0.3 is 0 Å². The minimum atomic E-state index is -0.125. The highest BCUT2D eigenvalue weighted by Crippen LogP contribution is 1.81. The number of rotatable bonds is 3. The lowest BCUT2D eigenvalue weighted by Gasteiger charge is -2.05. The van der Waals surface area contributed by atoms with Crippen LogP contribution >= 0.6 is 0 Å². The lowest BCUT2D eigenvalue weighted by Crippen LogP contribution is -2.56. The van der Waals surface area contributed by atoms with Gasteiger partial charge in [0.15, 0.2) is 0 Å². The summed E-state index contributed by atoms with van der Waals surface area (Å²) >= 11 is 0. The first kappa shape index (κ1) is 6.88. The summed E-state index contributed by atoms with van der Waals surface area (Å²) in [5, 5.41) is 0. The molecule has 0 saturated carbocycles. The molecule has 0 aliphatic carbocycles. The molecule has 0 aromatic carbocycles. The van der Waals surface area contributed by atoms with E-state index >= 15 is 0 Å². The molecule has 0 spiro atoms. The second kappa shape index (κ2) is 4.05. The van der Waals surface area contributed by atoms with Crippen LogP contribution in [-0.2, 0) is 9.47 Å². The fourth-order valence-corrected chi connectivity index (χ4v) is 0.332. The Morgan fingerprint density at radius 2 is 1.86 bits per heavy atom. The van der Waals surface area contributed by atoms with E-state index < -0.39 is 0 Å². The topological polar surface area (TPSA) is 46.1 Å². The molecule has 0 saturated heterocycles. The third-order valence-corrected chi connectivity index (χ3v) is 0.761. The van der Waals surface area contributed by atoms with Crippen LogP contribution in [0.5, 0.6) is 0 Å². The van der Waals surface area contributed by atoms with E-state index in [2.05, 4.69) is 5.73 Å². The number of hydrogen-bond donors (Lipinski definition) is 1. The quantitative estimate of drug-likeness (QED) is 0.462. The molecule has 3 nitrogen and oxygen atoms in total. The van der Waals surface area contributed by atoms with E-state index in [0.717, 1.165) is 0 Å². The molecule has 3 N–H and O–H groups in total. The lowest BCUT2D eigenvalue weighted by atomic mass is 10.6. The average molecular weight is 106 g/mol. The number of methoxy groups -OCH3 is 2. The van der Waals surface area contributed by atoms with Crippen LogP contribution in [0, 0.1) is 0 Å². The van der Waals surface area contributed by atoms with Gasteiger partial charge < -0.3 is 15.2 Å². The fourth-order valence-electron chi connectivity index (χ4n) is 0.332. The van der Waals surface area contributed by atoms with E-state index in [1.54, 1.807) is 14.2 Å². The average Bonchev–Trinajstić information content (AvgIpc) is 1.72. The van der Waals surface area contributed by atoms with Gasteiger partial charge in [-0.3, -0.25) is 0 Å². The second-order valence-corrected chi connectivity index (χ2v) is 1.19. The van der Waals surface area contributed by atoms with E-state index in [1.165, 1.54) is 0 Å². The van der Waals surface area contributed by atoms with Crippen LogP contribution in [0.4, 0.5) is 0 Å². The van der Waals surface area contributed by atoms with Crippen LogP contribution in [0.15, 0.2) is 0 Å². The Morgan fingerprint density at radius 3 is 1.86 bits per heavy atom. The van der Waals surface area contributed by atoms with Crippen molar-refractivity contribution in [2.45, 2.75) is 6.29 Å². The molecule has 0 atom stereocenters. The molecule has 3 heteroatoms. The van der Waals surface area contributed by atoms with Gasteiger partial charge in [0.2, 0.25) is 6.29 Å². The first-order chi connectivity index (χ1) is 3.35. The minimum absolute atomic E-state index is 0.125. The Hall–Kier alpha value is -0.120. The first-order valence-corrected chi connectivity index (χ1v) is 2.20. The van der Waals surface area contributed by atoms with Gasteiger partial charge in [-0.15, -0.1) is 0 Å². The van der Waals surface area contributed by atoms with Crippen molar-refractivity contribution < 1.29 is 15.2 Å². The third kappa shape index (κ3) is 2.56. The molecule has 44 valence electrons. The predicted molar refractivity (Wildman–Crippen MR) is 25.6 cm³/mol. The fraction of sp³-hybridized carbons (Fsp3) is 1.00. The number of quaternary nitrogens is 1. The Labute approximate surface area is 43.4 Å². The summed E-state index contributed by atoms with van der Waals surface area (Å²) < 4.78 is 9.53. The first-order valence-electron chi connectivity index (χ1n) is 2.20. The molecule has 0 aliphatic rings. The van der Waals surface area contributed by atoms with Crippen LogP contribution in [0.25, 0.3) is 0 Å². The summed E-state index contributed by atoms with van der Waals surface area (Å²) in [5.41, 5.74) is 3.58. The van der Waals surface area contributed by atoms with E-state index in [0.29, 0.717) is 6.54 Å². The minimum Gasteiger partial charge on any atom is -0.353 e. The van der Waals surface area contributed by atoms with Gasteiger partial charge in [-0.1, -0.05) is 0 Å². The molecule has 0 unspecified atom stereocenters. The Morgan fingerprint density at radius 1 is 1.43 bits per heavy atom. The highest BCUT2D eigenvalue weighted by molar-refractivity contribution is 4.29. The molecule has 0 aromatic heterocycles. The van der Waals surface area contributed by atoms with Crippen LogP contribution in [0.2, 0.25) is 0 Å². The van der Waals surface area contributed by atoms with Gasteiger partial charge in [0.1, 0.15) is 6.54 Å². The zero-order valence-electron chi connectivity index (χ0n) is 4.81. The van der Waals surface area contributed by atoms with Crippen molar-refractivity contribution >= 4 is 0 Å². The van der Waals surface area contributed by atoms with Crippen molar-refractivity contribution in [3.05, 3.63) is 0 Å². The summed E-state index contributed by atoms with van der Waals surface area (Å²) in [4.78, 5) is 0. The molecule has 0 aliphatic heterocycles. The van der Waals surface area contributed by atoms with Gasteiger partial charge in [0, 0.05) is 14.2 Å². The normalized spacial score (nSPS) is 10.3. The molecule has 0 bridgehead atoms. The smallest absolute Gasteiger partial charge is 0.206 e. The maximum atomic E-state index is 4.76. The van der Waals surface area contributed by atoms with Crippen molar-refractivity contribution in [3.63, 3.8) is 0 Å². The highest BCUT2D eigenvalue weighted by Gasteiger charge is 2.00. The van der Waals surface area contributed by atoms with Gasteiger partial charge in [-0.05, 0) is 0 Å². The summed E-state index contributed by atoms with van der Waals surface area (Å²) in [5.74, 6) is 0. The summed E-state index contributed by atoms with van der Waals surface area (Å²) in [7, 11) is 3.19. The summed E-state index contributed by atoms with van der Waals surface area (Å²) in [6, 6.07) is 0. The maximum Gasteiger partial charge on any atom is 0.206 e. The molecule has 0 fully saturated rings. The van der Waals surface area contributed by atoms with Gasteiger partial charge in [0.05, 0.1) is 0 Å². The van der Waals surface area contributed by atoms with Crippen molar-refractivity contribution in [1.29, 1.82) is 0 Å². The summed E-state index contributed by atoms with van der Waals surface area (Å²) in [6.45, 7) is 0.660. The molecule has 0 radical (unpaired) electrons. The summed E-state index contributed by atoms with van der Waals surface area (Å²) in [6.07, 6.45) is -0.125. The van der Waals surface area contributed by atoms with Crippen molar-refractivity contribution in [2.24, 2.45) is 0 Å². The molecular formula is C4H12NO2+. The predicted octanol–water partition coefficient (Wildman–Crippen LogP) is -1.15. The van der Waals surface area contributed by atoms with E-state index in [4.69, 9.17) is 9.47 Å². The van der Waals surface area contributed by atoms with E-state index in [9.17, 15) is 0 Å². The zero-order chi connectivity index (χ0) is 5.70. The van der Waals surface area contributed by atoms with Crippen LogP contribution < -0.4 is 5.73 Å². The Balaban J connectivity index is 2.99. The number of hydrogen-bond acceptors (Lipinski definition) is 2. The number of ether oxygens (including phenoxy) is 2. The Bertz CT molecular complexity index is 31.2. The van der Waals surface area contributed by atoms with Crippen molar-refractivity contribution in [3.8, 4) is 0 Å². The zero-order valence-corrected chi connectivity index (χ0v) is 4.81. The van der Waals surface area contributed by atoms with Crippen molar-refractivity contribution in [2.75, 3.05) is 20.8 Å². The largest absolute Gasteiger partial charge is 0.353 e. The van der Waals surface area contributed by atoms with Crippen LogP contribution in [0.3, 0.4) is 0 Å². The molecule has 0 aromatic rings. The van der Waals surface area contributed by atoms with E-state index in [-0.39, 0.29) is 6.29 Å². The molecule has 7 heavy (non-hydrogen) atoms. The standard InChI is InChI=1S/C4H11NO2/c1-6-4(3-5)7-2/h4H,3,5H2,1-2H3/p+1.